The van der Waals surface area contributed by atoms with Gasteiger partial charge >= 0.3 is 0 Å². The Hall–Kier alpha value is -1.39. The number of nitrogens with two attached hydrogens (primary N) is 1. The largest absolute Gasteiger partial charge is 0.320 e. The fourth-order valence-electron chi connectivity index (χ4n) is 1.53. The molecule has 0 bridgehead atoms. The van der Waals surface area contributed by atoms with Gasteiger partial charge in [-0.25, -0.2) is 5.06 Å². The molecular weight excluding hydrogens is 192 g/mol. The van der Waals surface area contributed by atoms with E-state index in [1.54, 1.807) is 0 Å². The van der Waals surface area contributed by atoms with Gasteiger partial charge in [0, 0.05) is 0 Å². The topological polar surface area (TPSA) is 55.6 Å². The van der Waals surface area contributed by atoms with Crippen LogP contribution in [0, 0.1) is 0 Å². The number of rotatable bonds is 3. The van der Waals surface area contributed by atoms with Gasteiger partial charge in [0.2, 0.25) is 0 Å². The molecule has 15 heavy (non-hydrogen) atoms. The highest BCUT2D eigenvalue weighted by molar-refractivity contribution is 5.82. The van der Waals surface area contributed by atoms with Gasteiger partial charge in [-0.1, -0.05) is 30.3 Å². The molecule has 0 saturated carbocycles. The van der Waals surface area contributed by atoms with Crippen molar-refractivity contribution in [2.75, 3.05) is 6.54 Å². The molecule has 0 spiro atoms. The van der Waals surface area contributed by atoms with Crippen LogP contribution in [0.1, 0.15) is 12.0 Å². The van der Waals surface area contributed by atoms with E-state index in [9.17, 15) is 4.79 Å². The van der Waals surface area contributed by atoms with Crippen molar-refractivity contribution in [2.24, 2.45) is 5.73 Å². The van der Waals surface area contributed by atoms with Crippen molar-refractivity contribution < 1.29 is 9.63 Å². The van der Waals surface area contributed by atoms with Crippen molar-refractivity contribution in [3.8, 4) is 0 Å². The molecule has 0 aromatic heterocycles. The van der Waals surface area contributed by atoms with Gasteiger partial charge in [-0.05, 0) is 12.0 Å². The fourth-order valence-corrected chi connectivity index (χ4v) is 1.53. The normalized spacial score (nSPS) is 21.0. The molecule has 1 unspecified atom stereocenters. The summed E-state index contributed by atoms with van der Waals surface area (Å²) in [5.74, 6) is -0.120. The van der Waals surface area contributed by atoms with E-state index in [0.29, 0.717) is 19.6 Å². The molecule has 0 aliphatic carbocycles. The lowest BCUT2D eigenvalue weighted by atomic mass is 10.2. The predicted molar refractivity (Wildman–Crippen MR) is 55.5 cm³/mol. The molecule has 1 aromatic carbocycles. The van der Waals surface area contributed by atoms with Crippen LogP contribution >= 0.6 is 0 Å². The van der Waals surface area contributed by atoms with Crippen LogP contribution < -0.4 is 5.73 Å². The fraction of sp³-hybridized carbons (Fsp3) is 0.364. The molecule has 1 saturated heterocycles. The molecule has 2 N–H and O–H groups in total. The van der Waals surface area contributed by atoms with Gasteiger partial charge in [0.05, 0.1) is 12.6 Å². The molecule has 4 nitrogen and oxygen atoms in total. The highest BCUT2D eigenvalue weighted by Gasteiger charge is 2.29. The van der Waals surface area contributed by atoms with Gasteiger partial charge in [-0.2, -0.15) is 0 Å². The number of hydroxylamine groups is 2. The first-order valence-corrected chi connectivity index (χ1v) is 5.01. The number of hydrogen-bond acceptors (Lipinski definition) is 3. The monoisotopic (exact) mass is 206 g/mol. The van der Waals surface area contributed by atoms with Crippen LogP contribution in [0.25, 0.3) is 0 Å². The van der Waals surface area contributed by atoms with Crippen molar-refractivity contribution in [1.29, 1.82) is 0 Å². The predicted octanol–water partition coefficient (Wildman–Crippen LogP) is 0.678. The van der Waals surface area contributed by atoms with E-state index in [2.05, 4.69) is 0 Å². The molecule has 1 atom stereocenters. The summed E-state index contributed by atoms with van der Waals surface area (Å²) in [7, 11) is 0. The summed E-state index contributed by atoms with van der Waals surface area (Å²) in [5.41, 5.74) is 6.61. The maximum atomic E-state index is 11.4. The maximum Gasteiger partial charge on any atom is 0.263 e. The SMILES string of the molecule is NC1CCN(OCc2ccccc2)C1=O. The molecule has 0 radical (unpaired) electrons. The lowest BCUT2D eigenvalue weighted by Gasteiger charge is -2.15. The van der Waals surface area contributed by atoms with E-state index in [1.165, 1.54) is 5.06 Å². The Morgan fingerprint density at radius 1 is 1.40 bits per heavy atom. The van der Waals surface area contributed by atoms with E-state index in [1.807, 2.05) is 30.3 Å². The molecule has 80 valence electrons. The molecular formula is C11H14N2O2. The van der Waals surface area contributed by atoms with Crippen LogP contribution in [-0.4, -0.2) is 23.6 Å². The third-order valence-electron chi connectivity index (χ3n) is 2.44. The first kappa shape index (κ1) is 10.1. The van der Waals surface area contributed by atoms with Crippen LogP contribution in [0.5, 0.6) is 0 Å². The molecule has 1 aromatic rings. The van der Waals surface area contributed by atoms with Gasteiger partial charge in [0.1, 0.15) is 6.61 Å². The van der Waals surface area contributed by atoms with Crippen LogP contribution in [0.3, 0.4) is 0 Å². The third-order valence-corrected chi connectivity index (χ3v) is 2.44. The average molecular weight is 206 g/mol. The summed E-state index contributed by atoms with van der Waals surface area (Å²) in [6.45, 7) is 1.01. The van der Waals surface area contributed by atoms with Crippen LogP contribution in [0.2, 0.25) is 0 Å². The molecule has 1 fully saturated rings. The van der Waals surface area contributed by atoms with Crippen molar-refractivity contribution in [1.82, 2.24) is 5.06 Å². The number of carbonyl (C=O) groups is 1. The highest BCUT2D eigenvalue weighted by Crippen LogP contribution is 2.11. The second-order valence-corrected chi connectivity index (χ2v) is 3.59. The summed E-state index contributed by atoms with van der Waals surface area (Å²) in [5, 5.41) is 1.36. The first-order chi connectivity index (χ1) is 7.27. The Balaban J connectivity index is 1.87. The number of nitrogens with zero attached hydrogens (tertiary/aromatic N) is 1. The highest BCUT2D eigenvalue weighted by atomic mass is 16.7. The van der Waals surface area contributed by atoms with Gasteiger partial charge in [-0.3, -0.25) is 9.63 Å². The van der Waals surface area contributed by atoms with Crippen molar-refractivity contribution >= 4 is 5.91 Å². The Morgan fingerprint density at radius 2 is 2.13 bits per heavy atom. The molecule has 2 rings (SSSR count). The van der Waals surface area contributed by atoms with Gasteiger partial charge < -0.3 is 5.73 Å². The van der Waals surface area contributed by atoms with Gasteiger partial charge in [0.25, 0.3) is 5.91 Å². The van der Waals surface area contributed by atoms with Crippen molar-refractivity contribution in [3.05, 3.63) is 35.9 Å². The smallest absolute Gasteiger partial charge is 0.263 e. The molecule has 1 heterocycles. The van der Waals surface area contributed by atoms with Crippen LogP contribution in [0.4, 0.5) is 0 Å². The van der Waals surface area contributed by atoms with Crippen LogP contribution in [0.15, 0.2) is 30.3 Å². The van der Waals surface area contributed by atoms with E-state index >= 15 is 0 Å². The minimum Gasteiger partial charge on any atom is -0.320 e. The summed E-state index contributed by atoms with van der Waals surface area (Å²) in [6.07, 6.45) is 0.674. The zero-order valence-corrected chi connectivity index (χ0v) is 8.43. The standard InChI is InChI=1S/C11H14N2O2/c12-10-6-7-13(11(10)14)15-8-9-4-2-1-3-5-9/h1-5,10H,6-8,12H2. The lowest BCUT2D eigenvalue weighted by Crippen LogP contribution is -2.33. The number of amides is 1. The molecule has 1 aliphatic rings. The molecule has 4 heteroatoms. The Morgan fingerprint density at radius 3 is 2.73 bits per heavy atom. The summed E-state index contributed by atoms with van der Waals surface area (Å²) in [4.78, 5) is 16.8. The van der Waals surface area contributed by atoms with E-state index in [0.717, 1.165) is 5.56 Å². The summed E-state index contributed by atoms with van der Waals surface area (Å²) >= 11 is 0. The summed E-state index contributed by atoms with van der Waals surface area (Å²) in [6, 6.07) is 9.36. The van der Waals surface area contributed by atoms with E-state index < -0.39 is 0 Å². The zero-order valence-electron chi connectivity index (χ0n) is 8.43. The maximum absolute atomic E-state index is 11.4. The Labute approximate surface area is 88.6 Å². The minimum absolute atomic E-state index is 0.120. The van der Waals surface area contributed by atoms with E-state index in [-0.39, 0.29) is 11.9 Å². The summed E-state index contributed by atoms with van der Waals surface area (Å²) < 4.78 is 0. The minimum atomic E-state index is -0.388. The Kier molecular flexibility index (Phi) is 2.99. The second-order valence-electron chi connectivity index (χ2n) is 3.59. The molecule has 1 amide bonds. The molecule has 1 aliphatic heterocycles. The van der Waals surface area contributed by atoms with Crippen LogP contribution in [-0.2, 0) is 16.2 Å². The third kappa shape index (κ3) is 2.34. The van der Waals surface area contributed by atoms with Gasteiger partial charge in [-0.15, -0.1) is 0 Å². The van der Waals surface area contributed by atoms with Crippen molar-refractivity contribution in [2.45, 2.75) is 19.1 Å². The van der Waals surface area contributed by atoms with E-state index in [4.69, 9.17) is 10.6 Å². The van der Waals surface area contributed by atoms with Crippen molar-refractivity contribution in [3.63, 3.8) is 0 Å². The Bertz CT molecular complexity index is 340. The quantitative estimate of drug-likeness (QED) is 0.791. The lowest BCUT2D eigenvalue weighted by molar-refractivity contribution is -0.182. The van der Waals surface area contributed by atoms with Gasteiger partial charge in [0.15, 0.2) is 0 Å². The zero-order chi connectivity index (χ0) is 10.7. The number of benzene rings is 1. The first-order valence-electron chi connectivity index (χ1n) is 5.01. The number of carbonyl (C=O) groups excluding carboxylic acids is 1. The average Bonchev–Trinajstić information content (AvgIpc) is 2.59. The second kappa shape index (κ2) is 4.42. The number of hydrogen-bond donors (Lipinski definition) is 1.